The molecule has 0 unspecified atom stereocenters. The van der Waals surface area contributed by atoms with Crippen molar-refractivity contribution in [1.29, 1.82) is 5.26 Å². The number of ether oxygens (including phenoxy) is 1. The molecule has 1 aromatic carbocycles. The topological polar surface area (TPSA) is 75.0 Å². The van der Waals surface area contributed by atoms with E-state index in [1.54, 1.807) is 19.2 Å². The number of thiophene rings is 1. The third-order valence-corrected chi connectivity index (χ3v) is 4.60. The van der Waals surface area contributed by atoms with E-state index in [1.165, 1.54) is 17.5 Å². The molecule has 0 aliphatic rings. The van der Waals surface area contributed by atoms with Crippen molar-refractivity contribution < 1.29 is 9.53 Å². The van der Waals surface area contributed by atoms with E-state index in [4.69, 9.17) is 10.00 Å². The van der Waals surface area contributed by atoms with Crippen molar-refractivity contribution in [2.45, 2.75) is 6.92 Å². The van der Waals surface area contributed by atoms with Gasteiger partial charge in [-0.3, -0.25) is 9.78 Å². The van der Waals surface area contributed by atoms with Crippen LogP contribution in [0.2, 0.25) is 0 Å². The first-order valence-corrected chi connectivity index (χ1v) is 7.73. The highest BCUT2D eigenvalue weighted by atomic mass is 32.1. The fourth-order valence-electron chi connectivity index (χ4n) is 2.24. The van der Waals surface area contributed by atoms with Gasteiger partial charge in [0.05, 0.1) is 0 Å². The fraction of sp³-hybridized carbons (Fsp3) is 0.118. The number of amides is 1. The molecule has 0 aliphatic heterocycles. The normalized spacial score (nSPS) is 10.3. The Balaban J connectivity index is 1.93. The van der Waals surface area contributed by atoms with Crippen LogP contribution in [-0.4, -0.2) is 17.9 Å². The summed E-state index contributed by atoms with van der Waals surface area (Å²) in [6, 6.07) is 11.2. The molecule has 1 N–H and O–H groups in total. The molecular weight excluding hydrogens is 310 g/mol. The van der Waals surface area contributed by atoms with Crippen molar-refractivity contribution in [1.82, 2.24) is 10.3 Å². The molecule has 5 nitrogen and oxygen atoms in total. The van der Waals surface area contributed by atoms with Crippen LogP contribution in [0, 0.1) is 18.3 Å². The van der Waals surface area contributed by atoms with E-state index in [-0.39, 0.29) is 5.91 Å². The van der Waals surface area contributed by atoms with E-state index in [2.05, 4.69) is 16.4 Å². The van der Waals surface area contributed by atoms with Gasteiger partial charge in [0.25, 0.3) is 5.91 Å². The summed E-state index contributed by atoms with van der Waals surface area (Å²) in [7, 11) is 1.55. The van der Waals surface area contributed by atoms with Crippen LogP contribution < -0.4 is 10.1 Å². The van der Waals surface area contributed by atoms with Crippen LogP contribution in [0.5, 0.6) is 11.5 Å². The Bertz CT molecular complexity index is 941. The molecule has 6 heteroatoms. The minimum Gasteiger partial charge on any atom is -0.457 e. The van der Waals surface area contributed by atoms with E-state index >= 15 is 0 Å². The highest BCUT2D eigenvalue weighted by molar-refractivity contribution is 7.19. The first kappa shape index (κ1) is 15.0. The number of hydrogen-bond donors (Lipinski definition) is 1. The molecule has 0 saturated heterocycles. The Labute approximate surface area is 137 Å². The molecule has 2 heterocycles. The number of carbonyl (C=O) groups is 1. The van der Waals surface area contributed by atoms with Gasteiger partial charge in [0.1, 0.15) is 28.1 Å². The summed E-state index contributed by atoms with van der Waals surface area (Å²) in [4.78, 5) is 16.3. The molecule has 1 amide bonds. The average Bonchev–Trinajstić information content (AvgIpc) is 2.90. The zero-order valence-corrected chi connectivity index (χ0v) is 13.4. The van der Waals surface area contributed by atoms with Crippen molar-refractivity contribution in [3.63, 3.8) is 0 Å². The summed E-state index contributed by atoms with van der Waals surface area (Å²) < 4.78 is 6.81. The predicted octanol–water partition coefficient (Wildman–Crippen LogP) is 3.63. The zero-order valence-electron chi connectivity index (χ0n) is 12.6. The summed E-state index contributed by atoms with van der Waals surface area (Å²) in [6.07, 6.45) is 1.53. The van der Waals surface area contributed by atoms with Gasteiger partial charge in [-0.25, -0.2) is 0 Å². The van der Waals surface area contributed by atoms with Crippen LogP contribution in [0.15, 0.2) is 36.5 Å². The number of aromatic nitrogens is 1. The van der Waals surface area contributed by atoms with Crippen LogP contribution in [0.4, 0.5) is 0 Å². The van der Waals surface area contributed by atoms with Crippen molar-refractivity contribution >= 4 is 27.3 Å². The van der Waals surface area contributed by atoms with Gasteiger partial charge in [0, 0.05) is 24.0 Å². The average molecular weight is 323 g/mol. The molecular formula is C17H13N3O2S. The smallest absolute Gasteiger partial charge is 0.269 e. The Hall–Kier alpha value is -2.91. The second-order valence-corrected chi connectivity index (χ2v) is 5.94. The van der Waals surface area contributed by atoms with Gasteiger partial charge >= 0.3 is 0 Å². The second-order valence-electron chi connectivity index (χ2n) is 4.88. The SMILES string of the molecule is CNC(=O)c1cc(Oc2ccc3c(C)c(C#N)sc3c2)ccn1. The molecule has 2 aromatic heterocycles. The molecule has 0 atom stereocenters. The van der Waals surface area contributed by atoms with E-state index in [1.807, 2.05) is 25.1 Å². The molecule has 3 aromatic rings. The minimum atomic E-state index is -0.265. The third kappa shape index (κ3) is 2.87. The van der Waals surface area contributed by atoms with Gasteiger partial charge in [0.2, 0.25) is 0 Å². The van der Waals surface area contributed by atoms with Gasteiger partial charge in [-0.2, -0.15) is 5.26 Å². The van der Waals surface area contributed by atoms with E-state index in [0.717, 1.165) is 15.6 Å². The van der Waals surface area contributed by atoms with Crippen LogP contribution in [-0.2, 0) is 0 Å². The highest BCUT2D eigenvalue weighted by Gasteiger charge is 2.10. The van der Waals surface area contributed by atoms with E-state index in [9.17, 15) is 4.79 Å². The quantitative estimate of drug-likeness (QED) is 0.798. The maximum atomic E-state index is 11.6. The number of nitrogens with zero attached hydrogens (tertiary/aromatic N) is 2. The monoisotopic (exact) mass is 323 g/mol. The molecule has 0 aliphatic carbocycles. The number of hydrogen-bond acceptors (Lipinski definition) is 5. The number of rotatable bonds is 3. The van der Waals surface area contributed by atoms with Crippen LogP contribution in [0.3, 0.4) is 0 Å². The first-order valence-electron chi connectivity index (χ1n) is 6.91. The number of carbonyl (C=O) groups excluding carboxylic acids is 1. The molecule has 0 spiro atoms. The number of benzene rings is 1. The number of nitrogens with one attached hydrogen (secondary N) is 1. The summed E-state index contributed by atoms with van der Waals surface area (Å²) in [5, 5.41) is 12.7. The largest absolute Gasteiger partial charge is 0.457 e. The Morgan fingerprint density at radius 3 is 2.83 bits per heavy atom. The molecule has 0 bridgehead atoms. The molecule has 23 heavy (non-hydrogen) atoms. The van der Waals surface area contributed by atoms with Crippen LogP contribution in [0.25, 0.3) is 10.1 Å². The number of nitriles is 1. The predicted molar refractivity (Wildman–Crippen MR) is 89.0 cm³/mol. The summed E-state index contributed by atoms with van der Waals surface area (Å²) in [6.45, 7) is 1.94. The molecule has 0 saturated carbocycles. The lowest BCUT2D eigenvalue weighted by atomic mass is 10.1. The van der Waals surface area contributed by atoms with E-state index in [0.29, 0.717) is 22.1 Å². The molecule has 114 valence electrons. The number of fused-ring (bicyclic) bond motifs is 1. The summed E-state index contributed by atoms with van der Waals surface area (Å²) >= 11 is 1.44. The van der Waals surface area contributed by atoms with Crippen molar-refractivity contribution in [2.24, 2.45) is 0 Å². The number of aryl methyl sites for hydroxylation is 1. The molecule has 0 radical (unpaired) electrons. The Kier molecular flexibility index (Phi) is 3.96. The third-order valence-electron chi connectivity index (χ3n) is 3.44. The van der Waals surface area contributed by atoms with Crippen molar-refractivity contribution in [3.8, 4) is 17.6 Å². The van der Waals surface area contributed by atoms with Crippen LogP contribution in [0.1, 0.15) is 20.9 Å². The Morgan fingerprint density at radius 2 is 2.09 bits per heavy atom. The highest BCUT2D eigenvalue weighted by Crippen LogP contribution is 2.34. The standard InChI is InChI=1S/C17H13N3O2S/c1-10-13-4-3-11(8-15(13)23-16(10)9-18)22-12-5-6-20-14(7-12)17(21)19-2/h3-8H,1-2H3,(H,19,21). The van der Waals surface area contributed by atoms with Gasteiger partial charge in [-0.1, -0.05) is 0 Å². The van der Waals surface area contributed by atoms with Gasteiger partial charge in [-0.15, -0.1) is 11.3 Å². The summed E-state index contributed by atoms with van der Waals surface area (Å²) in [5.74, 6) is 0.919. The van der Waals surface area contributed by atoms with Gasteiger partial charge < -0.3 is 10.1 Å². The van der Waals surface area contributed by atoms with Crippen LogP contribution >= 0.6 is 11.3 Å². The fourth-order valence-corrected chi connectivity index (χ4v) is 3.27. The lowest BCUT2D eigenvalue weighted by Crippen LogP contribution is -2.18. The number of pyridine rings is 1. The lowest BCUT2D eigenvalue weighted by molar-refractivity contribution is 0.0958. The van der Waals surface area contributed by atoms with Crippen molar-refractivity contribution in [2.75, 3.05) is 7.05 Å². The Morgan fingerprint density at radius 1 is 1.30 bits per heavy atom. The zero-order chi connectivity index (χ0) is 16.4. The second kappa shape index (κ2) is 6.07. The maximum Gasteiger partial charge on any atom is 0.269 e. The van der Waals surface area contributed by atoms with E-state index < -0.39 is 0 Å². The summed E-state index contributed by atoms with van der Waals surface area (Å²) in [5.41, 5.74) is 1.29. The van der Waals surface area contributed by atoms with Gasteiger partial charge in [0.15, 0.2) is 0 Å². The minimum absolute atomic E-state index is 0.265. The van der Waals surface area contributed by atoms with Gasteiger partial charge in [-0.05, 0) is 42.1 Å². The maximum absolute atomic E-state index is 11.6. The first-order chi connectivity index (χ1) is 11.1. The lowest BCUT2D eigenvalue weighted by Gasteiger charge is -2.07. The molecule has 3 rings (SSSR count). The van der Waals surface area contributed by atoms with Crippen molar-refractivity contribution in [3.05, 3.63) is 52.7 Å². The molecule has 0 fully saturated rings.